The summed E-state index contributed by atoms with van der Waals surface area (Å²) in [7, 11) is 0. The van der Waals surface area contributed by atoms with Gasteiger partial charge in [0.15, 0.2) is 5.60 Å². The molecule has 3 fully saturated rings. The van der Waals surface area contributed by atoms with Gasteiger partial charge >= 0.3 is 5.97 Å². The Bertz CT molecular complexity index is 1480. The zero-order chi connectivity index (χ0) is 36.4. The number of ether oxygens (including phenoxy) is 2. The van der Waals surface area contributed by atoms with Crippen LogP contribution >= 0.6 is 0 Å². The number of Topliss-reactive ketones (excluding diaryl/α,β-unsaturated/α-hetero) is 1. The molecular weight excluding hydrogens is 640 g/mol. The third-order valence-electron chi connectivity index (χ3n) is 10.2. The number of esters is 1. The molecule has 3 aliphatic heterocycles. The van der Waals surface area contributed by atoms with Gasteiger partial charge in [-0.25, -0.2) is 0 Å². The molecule has 4 aliphatic rings. The molecule has 5 atom stereocenters. The van der Waals surface area contributed by atoms with Gasteiger partial charge in [-0.15, -0.1) is 0 Å². The lowest BCUT2D eigenvalue weighted by Gasteiger charge is -2.35. The average Bonchev–Trinajstić information content (AvgIpc) is 3.39. The summed E-state index contributed by atoms with van der Waals surface area (Å²) in [5, 5.41) is 9.98. The quantitative estimate of drug-likeness (QED) is 0.246. The van der Waals surface area contributed by atoms with E-state index in [1.165, 1.54) is 10.5 Å². The molecule has 3 amide bonds. The molecule has 3 heterocycles. The number of hydrogen-bond donors (Lipinski definition) is 2. The smallest absolute Gasteiger partial charge is 0.306 e. The molecule has 12 heteroatoms. The molecule has 1 aromatic rings. The Morgan fingerprint density at radius 2 is 1.74 bits per heavy atom. The lowest BCUT2D eigenvalue weighted by Crippen LogP contribution is -2.54. The van der Waals surface area contributed by atoms with Crippen molar-refractivity contribution in [3.05, 3.63) is 35.4 Å². The highest BCUT2D eigenvalue weighted by atomic mass is 16.7. The molecule has 1 aliphatic carbocycles. The van der Waals surface area contributed by atoms with E-state index in [-0.39, 0.29) is 49.3 Å². The third kappa shape index (κ3) is 8.91. The van der Waals surface area contributed by atoms with Crippen LogP contribution in [0.25, 0.3) is 0 Å². The Labute approximate surface area is 295 Å². The minimum atomic E-state index is -1.04. The number of benzene rings is 1. The van der Waals surface area contributed by atoms with Crippen LogP contribution in [0, 0.1) is 11.3 Å². The Morgan fingerprint density at radius 1 is 1.04 bits per heavy atom. The number of carbonyl (C=O) groups excluding carboxylic acids is 5. The first-order valence-electron chi connectivity index (χ1n) is 18.1. The van der Waals surface area contributed by atoms with E-state index in [0.29, 0.717) is 38.2 Å². The third-order valence-corrected chi connectivity index (χ3v) is 10.2. The summed E-state index contributed by atoms with van der Waals surface area (Å²) in [6, 6.07) is 6.08. The predicted molar refractivity (Wildman–Crippen MR) is 186 cm³/mol. The minimum Gasteiger partial charge on any atom is -0.460 e. The van der Waals surface area contributed by atoms with E-state index < -0.39 is 52.6 Å². The molecular formula is C38H54N4O8. The second kappa shape index (κ2) is 14.8. The topological polar surface area (TPSA) is 153 Å². The molecule has 0 bridgehead atoms. The molecule has 0 unspecified atom stereocenters. The molecule has 1 saturated carbocycles. The van der Waals surface area contributed by atoms with Gasteiger partial charge in [-0.3, -0.25) is 24.0 Å². The minimum absolute atomic E-state index is 0.00664. The summed E-state index contributed by atoms with van der Waals surface area (Å²) >= 11 is 0. The maximum absolute atomic E-state index is 14.6. The van der Waals surface area contributed by atoms with Crippen molar-refractivity contribution in [3.63, 3.8) is 0 Å². The van der Waals surface area contributed by atoms with E-state index in [4.69, 9.17) is 14.3 Å². The number of amides is 3. The number of nitrogens with zero attached hydrogens (tertiary/aromatic N) is 2. The number of carbonyl (C=O) groups is 5. The zero-order valence-corrected chi connectivity index (χ0v) is 30.6. The van der Waals surface area contributed by atoms with Gasteiger partial charge in [-0.2, -0.15) is 0 Å². The SMILES string of the molecule is CCC[C@H](NC(=O)[C@@H]1C[C@]2(CC(c3ccc(C(C)(C)C)cc3)=NO2)CN1C(=O)[C@@H](CC(=O)O[C@H]1CCOC1)C(C)(C)C)C(=O)C(=O)NC1CC1. The number of oxime groups is 1. The van der Waals surface area contributed by atoms with Gasteiger partial charge in [0.2, 0.25) is 17.6 Å². The van der Waals surface area contributed by atoms with Crippen LogP contribution in [0.3, 0.4) is 0 Å². The summed E-state index contributed by atoms with van der Waals surface area (Å²) in [5.41, 5.74) is 1.11. The zero-order valence-electron chi connectivity index (χ0n) is 30.6. The second-order valence-corrected chi connectivity index (χ2v) is 16.6. The van der Waals surface area contributed by atoms with Gasteiger partial charge in [0, 0.05) is 25.3 Å². The monoisotopic (exact) mass is 694 g/mol. The summed E-state index contributed by atoms with van der Waals surface area (Å²) in [6.45, 7) is 14.9. The fraction of sp³-hybridized carbons (Fsp3) is 0.684. The standard InChI is InChI=1S/C38H54N4O8/c1-8-9-28(32(44)34(46)39-25-14-15-25)40-33(45)30-20-38(19-29(41-50-38)23-10-12-24(13-11-23)36(2,3)4)22-42(30)35(47)27(37(5,6)7)18-31(43)49-26-16-17-48-21-26/h10-13,25-28,30H,8-9,14-22H2,1-7H3,(H,39,46)(H,40,45)/t26-,27+,28-,30-,38+/m0/s1. The van der Waals surface area contributed by atoms with Crippen LogP contribution in [0.15, 0.2) is 29.4 Å². The number of rotatable bonds is 12. The lowest BCUT2D eigenvalue weighted by molar-refractivity contribution is -0.156. The molecule has 2 N–H and O–H groups in total. The summed E-state index contributed by atoms with van der Waals surface area (Å²) in [4.78, 5) is 75.4. The molecule has 5 rings (SSSR count). The maximum atomic E-state index is 14.6. The van der Waals surface area contributed by atoms with E-state index in [9.17, 15) is 24.0 Å². The first-order valence-corrected chi connectivity index (χ1v) is 18.1. The van der Waals surface area contributed by atoms with E-state index in [0.717, 1.165) is 18.4 Å². The molecule has 0 aromatic heterocycles. The molecule has 0 radical (unpaired) electrons. The average molecular weight is 695 g/mol. The summed E-state index contributed by atoms with van der Waals surface area (Å²) in [5.74, 6) is -3.66. The van der Waals surface area contributed by atoms with Crippen molar-refractivity contribution >= 4 is 35.2 Å². The normalized spacial score (nSPS) is 24.7. The van der Waals surface area contributed by atoms with Crippen LogP contribution in [-0.4, -0.2) is 89.7 Å². The number of hydrogen-bond acceptors (Lipinski definition) is 9. The van der Waals surface area contributed by atoms with E-state index in [2.05, 4.69) is 48.7 Å². The highest BCUT2D eigenvalue weighted by Gasteiger charge is 2.55. The number of likely N-dealkylation sites (tertiary alicyclic amines) is 1. The van der Waals surface area contributed by atoms with Crippen LogP contribution in [0.5, 0.6) is 0 Å². The molecule has 1 aromatic carbocycles. The first-order chi connectivity index (χ1) is 23.5. The van der Waals surface area contributed by atoms with Crippen molar-refractivity contribution in [3.8, 4) is 0 Å². The lowest BCUT2D eigenvalue weighted by atomic mass is 9.77. The predicted octanol–water partition coefficient (Wildman–Crippen LogP) is 3.97. The number of ketones is 1. The van der Waals surface area contributed by atoms with Gasteiger partial charge in [0.25, 0.3) is 5.91 Å². The van der Waals surface area contributed by atoms with Crippen LogP contribution < -0.4 is 10.6 Å². The number of nitrogens with one attached hydrogen (secondary N) is 2. The largest absolute Gasteiger partial charge is 0.460 e. The van der Waals surface area contributed by atoms with E-state index in [1.54, 1.807) is 0 Å². The van der Waals surface area contributed by atoms with Gasteiger partial charge in [-0.05, 0) is 41.2 Å². The Morgan fingerprint density at radius 3 is 2.32 bits per heavy atom. The van der Waals surface area contributed by atoms with Crippen LogP contribution in [-0.2, 0) is 43.7 Å². The van der Waals surface area contributed by atoms with Gasteiger partial charge in [0.1, 0.15) is 12.1 Å². The Balaban J connectivity index is 1.39. The van der Waals surface area contributed by atoms with Crippen LogP contribution in [0.1, 0.15) is 111 Å². The molecule has 274 valence electrons. The van der Waals surface area contributed by atoms with E-state index in [1.807, 2.05) is 39.8 Å². The van der Waals surface area contributed by atoms with Crippen LogP contribution in [0.2, 0.25) is 0 Å². The fourth-order valence-electron chi connectivity index (χ4n) is 6.89. The van der Waals surface area contributed by atoms with Gasteiger partial charge in [-0.1, -0.05) is 84.3 Å². The van der Waals surface area contributed by atoms with Crippen molar-refractivity contribution in [2.45, 2.75) is 135 Å². The molecule has 50 heavy (non-hydrogen) atoms. The van der Waals surface area contributed by atoms with Crippen molar-refractivity contribution in [2.75, 3.05) is 19.8 Å². The Kier molecular flexibility index (Phi) is 11.1. The second-order valence-electron chi connectivity index (χ2n) is 16.6. The van der Waals surface area contributed by atoms with Gasteiger partial charge < -0.3 is 29.8 Å². The fourth-order valence-corrected chi connectivity index (χ4v) is 6.89. The highest BCUT2D eigenvalue weighted by Crippen LogP contribution is 2.42. The molecule has 2 saturated heterocycles. The first kappa shape index (κ1) is 37.5. The van der Waals surface area contributed by atoms with Gasteiger partial charge in [0.05, 0.1) is 43.9 Å². The van der Waals surface area contributed by atoms with Crippen molar-refractivity contribution in [1.29, 1.82) is 0 Å². The highest BCUT2D eigenvalue weighted by molar-refractivity contribution is 6.38. The van der Waals surface area contributed by atoms with Crippen molar-refractivity contribution in [1.82, 2.24) is 15.5 Å². The van der Waals surface area contributed by atoms with Crippen LogP contribution in [0.4, 0.5) is 0 Å². The van der Waals surface area contributed by atoms with Crippen molar-refractivity contribution in [2.24, 2.45) is 16.5 Å². The maximum Gasteiger partial charge on any atom is 0.306 e. The summed E-state index contributed by atoms with van der Waals surface area (Å²) < 4.78 is 11.0. The van der Waals surface area contributed by atoms with E-state index >= 15 is 0 Å². The Hall–Kier alpha value is -3.80. The molecule has 1 spiro atoms. The van der Waals surface area contributed by atoms with Crippen molar-refractivity contribution < 1.29 is 38.3 Å². The summed E-state index contributed by atoms with van der Waals surface area (Å²) in [6.07, 6.45) is 3.05. The molecule has 12 nitrogen and oxygen atoms in total.